The highest BCUT2D eigenvalue weighted by atomic mass is 32.1. The van der Waals surface area contributed by atoms with Crippen molar-refractivity contribution in [1.29, 1.82) is 0 Å². The van der Waals surface area contributed by atoms with E-state index >= 15 is 0 Å². The average molecular weight is 492 g/mol. The van der Waals surface area contributed by atoms with E-state index in [-0.39, 0.29) is 12.5 Å². The molecule has 0 radical (unpaired) electrons. The van der Waals surface area contributed by atoms with Gasteiger partial charge in [-0.25, -0.2) is 0 Å². The quantitative estimate of drug-likeness (QED) is 0.434. The zero-order valence-electron chi connectivity index (χ0n) is 20.1. The molecule has 5 nitrogen and oxygen atoms in total. The van der Waals surface area contributed by atoms with Crippen LogP contribution in [0.15, 0.2) is 66.0 Å². The van der Waals surface area contributed by atoms with E-state index in [0.717, 1.165) is 36.8 Å². The van der Waals surface area contributed by atoms with E-state index in [0.29, 0.717) is 13.0 Å². The summed E-state index contributed by atoms with van der Waals surface area (Å²) < 4.78 is 0. The van der Waals surface area contributed by atoms with Crippen LogP contribution in [0, 0.1) is 6.92 Å². The lowest BCUT2D eigenvalue weighted by Gasteiger charge is -2.28. The lowest BCUT2D eigenvalue weighted by molar-refractivity contribution is -0.153. The number of hydrogen-bond acceptors (Lipinski definition) is 5. The average Bonchev–Trinajstić information content (AvgIpc) is 3.53. The molecule has 1 fully saturated rings. The fourth-order valence-corrected chi connectivity index (χ4v) is 5.74. The topological polar surface area (TPSA) is 77.8 Å². The summed E-state index contributed by atoms with van der Waals surface area (Å²) >= 11 is 1.67. The van der Waals surface area contributed by atoms with Crippen molar-refractivity contribution in [3.8, 4) is 0 Å². The molecular weight excluding hydrogens is 458 g/mol. The first-order valence-electron chi connectivity index (χ1n) is 12.3. The minimum Gasteiger partial charge on any atom is -0.382 e. The van der Waals surface area contributed by atoms with Crippen molar-refractivity contribution in [2.45, 2.75) is 63.7 Å². The maximum Gasteiger partial charge on any atom is 0.255 e. The van der Waals surface area contributed by atoms with Crippen LogP contribution < -0.4 is 0 Å². The van der Waals surface area contributed by atoms with Crippen LogP contribution in [0.4, 0.5) is 0 Å². The molecule has 2 aromatic carbocycles. The molecule has 0 spiro atoms. The third kappa shape index (κ3) is 6.45. The molecule has 4 rings (SSSR count). The van der Waals surface area contributed by atoms with Gasteiger partial charge in [-0.15, -0.1) is 11.3 Å². The molecule has 1 aliphatic heterocycles. The van der Waals surface area contributed by atoms with Crippen LogP contribution in [0.25, 0.3) is 0 Å². The van der Waals surface area contributed by atoms with Crippen LogP contribution in [0.3, 0.4) is 0 Å². The fourth-order valence-electron chi connectivity index (χ4n) is 4.80. The van der Waals surface area contributed by atoms with Crippen molar-refractivity contribution < 1.29 is 19.8 Å². The molecule has 1 amide bonds. The first-order chi connectivity index (χ1) is 16.9. The summed E-state index contributed by atoms with van der Waals surface area (Å²) in [6.45, 7) is 2.52. The van der Waals surface area contributed by atoms with Crippen LogP contribution in [0.5, 0.6) is 0 Å². The largest absolute Gasteiger partial charge is 0.382 e. The molecule has 1 aliphatic rings. The van der Waals surface area contributed by atoms with E-state index in [2.05, 4.69) is 23.6 Å². The number of thiophene rings is 1. The highest BCUT2D eigenvalue weighted by Gasteiger charge is 2.38. The molecule has 2 heterocycles. The number of likely N-dealkylation sites (tertiary alicyclic amines) is 1. The second-order valence-corrected chi connectivity index (χ2v) is 10.4. The molecular formula is C29H33NO4S. The molecule has 1 unspecified atom stereocenters. The van der Waals surface area contributed by atoms with E-state index < -0.39 is 23.9 Å². The number of nitrogens with zero attached hydrogens (tertiary/aromatic N) is 1. The Bertz CT molecular complexity index is 1140. The van der Waals surface area contributed by atoms with Gasteiger partial charge in [-0.2, -0.15) is 0 Å². The summed E-state index contributed by atoms with van der Waals surface area (Å²) in [7, 11) is 0. The first kappa shape index (κ1) is 25.3. The number of ketones is 1. The van der Waals surface area contributed by atoms with Gasteiger partial charge < -0.3 is 15.1 Å². The van der Waals surface area contributed by atoms with Crippen molar-refractivity contribution >= 4 is 23.0 Å². The predicted molar refractivity (Wildman–Crippen MR) is 138 cm³/mol. The molecule has 1 saturated heterocycles. The van der Waals surface area contributed by atoms with Gasteiger partial charge in [0.2, 0.25) is 0 Å². The van der Waals surface area contributed by atoms with Crippen molar-refractivity contribution in [3.05, 3.63) is 93.2 Å². The third-order valence-corrected chi connectivity index (χ3v) is 7.70. The fraction of sp³-hybridized carbons (Fsp3) is 0.379. The Morgan fingerprint density at radius 1 is 1.03 bits per heavy atom. The number of Topliss-reactive ketones (excluding diaryl/α,β-unsaturated/α-hetero) is 1. The van der Waals surface area contributed by atoms with Crippen molar-refractivity contribution in [3.63, 3.8) is 0 Å². The number of aliphatic hydroxyl groups is 2. The minimum atomic E-state index is -1.73. The van der Waals surface area contributed by atoms with Gasteiger partial charge in [-0.3, -0.25) is 9.59 Å². The summed E-state index contributed by atoms with van der Waals surface area (Å²) in [6.07, 6.45) is 0.502. The Hall–Kier alpha value is -2.80. The van der Waals surface area contributed by atoms with Crippen LogP contribution >= 0.6 is 11.3 Å². The molecule has 0 aliphatic carbocycles. The second-order valence-electron chi connectivity index (χ2n) is 9.40. The van der Waals surface area contributed by atoms with Gasteiger partial charge in [0.1, 0.15) is 6.10 Å². The summed E-state index contributed by atoms with van der Waals surface area (Å²) in [5.41, 5.74) is 4.63. The lowest BCUT2D eigenvalue weighted by Crippen LogP contribution is -2.47. The van der Waals surface area contributed by atoms with E-state index in [4.69, 9.17) is 0 Å². The Morgan fingerprint density at radius 2 is 1.83 bits per heavy atom. The van der Waals surface area contributed by atoms with E-state index in [1.807, 2.05) is 49.4 Å². The standard InChI is InChI=1S/C29H33NO4S/c1-20-8-5-11-23(16-20)25-13-7-15-30(25)29(34)28(33)27(32)26(31)14-6-12-24-18-22(19-35-24)17-21-9-3-2-4-10-21/h2-5,8-11,16,18-19,25,27-28,32-33H,6-7,12-15,17H2,1H3/t25?,27-,28+/m0/s1. The van der Waals surface area contributed by atoms with E-state index in [1.165, 1.54) is 16.0 Å². The van der Waals surface area contributed by atoms with Crippen molar-refractivity contribution in [2.75, 3.05) is 6.54 Å². The lowest BCUT2D eigenvalue weighted by atomic mass is 10.00. The second kappa shape index (κ2) is 11.8. The number of carbonyl (C=O) groups excluding carboxylic acids is 2. The molecule has 3 aromatic rings. The van der Waals surface area contributed by atoms with Gasteiger partial charge in [0.05, 0.1) is 6.04 Å². The molecule has 184 valence electrons. The highest BCUT2D eigenvalue weighted by Crippen LogP contribution is 2.33. The third-order valence-electron chi connectivity index (χ3n) is 6.65. The van der Waals surface area contributed by atoms with Crippen LogP contribution in [0.1, 0.15) is 58.9 Å². The SMILES string of the molecule is Cc1cccc(C2CCCN2C(=O)[C@H](O)[C@@H](O)C(=O)CCCc2cc(Cc3ccccc3)cs2)c1. The van der Waals surface area contributed by atoms with Gasteiger partial charge in [-0.1, -0.05) is 60.2 Å². The summed E-state index contributed by atoms with van der Waals surface area (Å²) in [5.74, 6) is -1.06. The Morgan fingerprint density at radius 3 is 2.60 bits per heavy atom. The first-order valence-corrected chi connectivity index (χ1v) is 13.2. The van der Waals surface area contributed by atoms with Gasteiger partial charge in [-0.05, 0) is 67.2 Å². The number of rotatable bonds is 10. The Balaban J connectivity index is 1.27. The predicted octanol–water partition coefficient (Wildman–Crippen LogP) is 4.62. The number of amides is 1. The number of aryl methyl sites for hydroxylation is 2. The van der Waals surface area contributed by atoms with E-state index in [1.54, 1.807) is 16.2 Å². The summed E-state index contributed by atoms with van der Waals surface area (Å²) in [6, 6.07) is 20.3. The van der Waals surface area contributed by atoms with Crippen molar-refractivity contribution in [2.24, 2.45) is 0 Å². The number of benzene rings is 2. The number of carbonyl (C=O) groups is 2. The van der Waals surface area contributed by atoms with Crippen LogP contribution in [-0.4, -0.2) is 45.6 Å². The molecule has 2 N–H and O–H groups in total. The van der Waals surface area contributed by atoms with E-state index in [9.17, 15) is 19.8 Å². The van der Waals surface area contributed by atoms with Gasteiger partial charge >= 0.3 is 0 Å². The molecule has 35 heavy (non-hydrogen) atoms. The van der Waals surface area contributed by atoms with Crippen LogP contribution in [-0.2, 0) is 22.4 Å². The highest BCUT2D eigenvalue weighted by molar-refractivity contribution is 7.10. The molecule has 0 bridgehead atoms. The normalized spacial score (nSPS) is 17.3. The Labute approximate surface area is 211 Å². The van der Waals surface area contributed by atoms with Gasteiger partial charge in [0.15, 0.2) is 11.9 Å². The zero-order valence-corrected chi connectivity index (χ0v) is 20.9. The Kier molecular flexibility index (Phi) is 8.50. The number of aliphatic hydroxyl groups excluding tert-OH is 2. The van der Waals surface area contributed by atoms with Crippen molar-refractivity contribution in [1.82, 2.24) is 4.90 Å². The van der Waals surface area contributed by atoms with Crippen LogP contribution in [0.2, 0.25) is 0 Å². The molecule has 6 heteroatoms. The summed E-state index contributed by atoms with van der Waals surface area (Å²) in [4.78, 5) is 28.3. The maximum atomic E-state index is 13.0. The minimum absolute atomic E-state index is 0.124. The van der Waals surface area contributed by atoms with Gasteiger partial charge in [0, 0.05) is 17.8 Å². The smallest absolute Gasteiger partial charge is 0.255 e. The monoisotopic (exact) mass is 491 g/mol. The van der Waals surface area contributed by atoms with Gasteiger partial charge in [0.25, 0.3) is 5.91 Å². The molecule has 1 aromatic heterocycles. The summed E-state index contributed by atoms with van der Waals surface area (Å²) in [5, 5.41) is 23.1. The number of hydrogen-bond donors (Lipinski definition) is 2. The molecule has 3 atom stereocenters. The zero-order chi connectivity index (χ0) is 24.8. The molecule has 0 saturated carbocycles. The maximum absolute atomic E-state index is 13.0.